The van der Waals surface area contributed by atoms with Crippen LogP contribution in [0.1, 0.15) is 25.7 Å². The first-order chi connectivity index (χ1) is 6.74. The first kappa shape index (κ1) is 11.5. The predicted molar refractivity (Wildman–Crippen MR) is 55.4 cm³/mol. The quantitative estimate of drug-likeness (QED) is 0.680. The number of likely N-dealkylation sites (tertiary alicyclic amines) is 1. The Bertz CT molecular complexity index is 179. The van der Waals surface area contributed by atoms with Crippen LogP contribution in [0, 0.1) is 0 Å². The number of carbonyl (C=O) groups is 1. The van der Waals surface area contributed by atoms with E-state index < -0.39 is 12.0 Å². The van der Waals surface area contributed by atoms with Crippen molar-refractivity contribution in [2.24, 2.45) is 0 Å². The van der Waals surface area contributed by atoms with Gasteiger partial charge in [0.1, 0.15) is 6.04 Å². The number of carboxylic acid groups (broad SMARTS) is 1. The summed E-state index contributed by atoms with van der Waals surface area (Å²) >= 11 is 0. The largest absolute Gasteiger partial charge is 0.480 e. The number of nitrogens with one attached hydrogen (secondary N) is 1. The average Bonchev–Trinajstić information content (AvgIpc) is 2.20. The monoisotopic (exact) mass is 200 g/mol. The van der Waals surface area contributed by atoms with Crippen molar-refractivity contribution >= 4 is 5.97 Å². The molecule has 0 spiro atoms. The lowest BCUT2D eigenvalue weighted by molar-refractivity contribution is -0.139. The standard InChI is InChI=1S/C10H20N2O2/c1-11-9(10(13)14)5-8-12-6-3-2-4-7-12/h9,11H,2-8H2,1H3,(H,13,14)/t9-/m1/s1. The first-order valence-electron chi connectivity index (χ1n) is 5.36. The van der Waals surface area contributed by atoms with E-state index in [0.717, 1.165) is 19.6 Å². The van der Waals surface area contributed by atoms with E-state index in [4.69, 9.17) is 5.11 Å². The van der Waals surface area contributed by atoms with Gasteiger partial charge in [0.05, 0.1) is 0 Å². The Morgan fingerprint density at radius 1 is 1.43 bits per heavy atom. The number of piperidine rings is 1. The zero-order valence-electron chi connectivity index (χ0n) is 8.83. The molecule has 82 valence electrons. The van der Waals surface area contributed by atoms with E-state index in [2.05, 4.69) is 10.2 Å². The van der Waals surface area contributed by atoms with Crippen LogP contribution in [0.3, 0.4) is 0 Å². The Kier molecular flexibility index (Phi) is 4.90. The fraction of sp³-hybridized carbons (Fsp3) is 0.900. The highest BCUT2D eigenvalue weighted by Crippen LogP contribution is 2.09. The molecule has 0 aromatic heterocycles. The highest BCUT2D eigenvalue weighted by Gasteiger charge is 2.17. The summed E-state index contributed by atoms with van der Waals surface area (Å²) in [6, 6.07) is -0.392. The second kappa shape index (κ2) is 5.98. The number of rotatable bonds is 5. The Hall–Kier alpha value is -0.610. The van der Waals surface area contributed by atoms with E-state index in [1.165, 1.54) is 19.3 Å². The fourth-order valence-corrected chi connectivity index (χ4v) is 1.89. The number of hydrogen-bond acceptors (Lipinski definition) is 3. The molecule has 0 saturated carbocycles. The second-order valence-electron chi connectivity index (χ2n) is 3.87. The lowest BCUT2D eigenvalue weighted by Crippen LogP contribution is -2.39. The van der Waals surface area contributed by atoms with Crippen LogP contribution >= 0.6 is 0 Å². The minimum atomic E-state index is -0.746. The molecule has 0 amide bonds. The third-order valence-electron chi connectivity index (χ3n) is 2.83. The fourth-order valence-electron chi connectivity index (χ4n) is 1.89. The number of nitrogens with zero attached hydrogens (tertiary/aromatic N) is 1. The van der Waals surface area contributed by atoms with Crippen LogP contribution in [0.4, 0.5) is 0 Å². The van der Waals surface area contributed by atoms with Crippen LogP contribution in [-0.2, 0) is 4.79 Å². The number of hydrogen-bond donors (Lipinski definition) is 2. The van der Waals surface area contributed by atoms with Crippen molar-refractivity contribution < 1.29 is 9.90 Å². The van der Waals surface area contributed by atoms with Gasteiger partial charge in [0.25, 0.3) is 0 Å². The first-order valence-corrected chi connectivity index (χ1v) is 5.36. The minimum Gasteiger partial charge on any atom is -0.480 e. The average molecular weight is 200 g/mol. The van der Waals surface area contributed by atoms with Gasteiger partial charge in [-0.3, -0.25) is 4.79 Å². The van der Waals surface area contributed by atoms with Gasteiger partial charge in [0, 0.05) is 6.54 Å². The molecule has 2 N–H and O–H groups in total. The topological polar surface area (TPSA) is 52.6 Å². The smallest absolute Gasteiger partial charge is 0.320 e. The molecule has 0 bridgehead atoms. The van der Waals surface area contributed by atoms with E-state index in [1.54, 1.807) is 7.05 Å². The molecule has 4 heteroatoms. The van der Waals surface area contributed by atoms with Crippen molar-refractivity contribution in [3.05, 3.63) is 0 Å². The van der Waals surface area contributed by atoms with Crippen molar-refractivity contribution in [1.29, 1.82) is 0 Å². The molecule has 1 heterocycles. The maximum absolute atomic E-state index is 10.7. The summed E-state index contributed by atoms with van der Waals surface area (Å²) in [5.41, 5.74) is 0. The van der Waals surface area contributed by atoms with Gasteiger partial charge in [-0.2, -0.15) is 0 Å². The molecule has 14 heavy (non-hydrogen) atoms. The molecule has 0 aromatic carbocycles. The Labute approximate surface area is 85.3 Å². The number of likely N-dealkylation sites (N-methyl/N-ethyl adjacent to an activating group) is 1. The molecule has 0 aromatic rings. The van der Waals surface area contributed by atoms with Gasteiger partial charge in [0.15, 0.2) is 0 Å². The van der Waals surface area contributed by atoms with Gasteiger partial charge in [-0.05, 0) is 39.4 Å². The second-order valence-corrected chi connectivity index (χ2v) is 3.87. The summed E-state index contributed by atoms with van der Waals surface area (Å²) in [4.78, 5) is 13.1. The maximum atomic E-state index is 10.7. The minimum absolute atomic E-state index is 0.392. The van der Waals surface area contributed by atoms with Gasteiger partial charge < -0.3 is 15.3 Å². The number of aliphatic carboxylic acids is 1. The molecule has 1 rings (SSSR count). The SMILES string of the molecule is CN[C@H](CCN1CCCCC1)C(=O)O. The number of carboxylic acids is 1. The molecule has 1 aliphatic heterocycles. The summed E-state index contributed by atoms with van der Waals surface area (Å²) in [5, 5.41) is 11.6. The van der Waals surface area contributed by atoms with E-state index in [1.807, 2.05) is 0 Å². The summed E-state index contributed by atoms with van der Waals surface area (Å²) in [5.74, 6) is -0.746. The molecule has 1 aliphatic rings. The third kappa shape index (κ3) is 3.64. The van der Waals surface area contributed by atoms with Gasteiger partial charge in [-0.1, -0.05) is 6.42 Å². The van der Waals surface area contributed by atoms with Crippen LogP contribution in [-0.4, -0.2) is 48.7 Å². The molecule has 0 aliphatic carbocycles. The Balaban J connectivity index is 2.20. The van der Waals surface area contributed by atoms with Gasteiger partial charge >= 0.3 is 5.97 Å². The Morgan fingerprint density at radius 2 is 2.07 bits per heavy atom. The lowest BCUT2D eigenvalue weighted by atomic mass is 10.1. The molecule has 1 fully saturated rings. The van der Waals surface area contributed by atoms with Crippen LogP contribution < -0.4 is 5.32 Å². The van der Waals surface area contributed by atoms with E-state index in [9.17, 15) is 4.79 Å². The summed E-state index contributed by atoms with van der Waals surface area (Å²) in [6.45, 7) is 3.17. The zero-order valence-corrected chi connectivity index (χ0v) is 8.83. The maximum Gasteiger partial charge on any atom is 0.320 e. The van der Waals surface area contributed by atoms with Crippen LogP contribution in [0.25, 0.3) is 0 Å². The highest BCUT2D eigenvalue weighted by molar-refractivity contribution is 5.73. The van der Waals surface area contributed by atoms with E-state index in [-0.39, 0.29) is 0 Å². The van der Waals surface area contributed by atoms with Crippen molar-refractivity contribution in [2.45, 2.75) is 31.7 Å². The van der Waals surface area contributed by atoms with Crippen molar-refractivity contribution in [2.75, 3.05) is 26.7 Å². The summed E-state index contributed by atoms with van der Waals surface area (Å²) in [6.07, 6.45) is 4.55. The van der Waals surface area contributed by atoms with Crippen LogP contribution in [0.2, 0.25) is 0 Å². The predicted octanol–water partition coefficient (Wildman–Crippen LogP) is 0.535. The molecule has 4 nitrogen and oxygen atoms in total. The molecule has 1 saturated heterocycles. The summed E-state index contributed by atoms with van der Waals surface area (Å²) < 4.78 is 0. The van der Waals surface area contributed by atoms with Crippen molar-refractivity contribution in [3.63, 3.8) is 0 Å². The molecular weight excluding hydrogens is 180 g/mol. The molecule has 1 atom stereocenters. The highest BCUT2D eigenvalue weighted by atomic mass is 16.4. The Morgan fingerprint density at radius 3 is 2.57 bits per heavy atom. The van der Waals surface area contributed by atoms with Gasteiger partial charge in [-0.25, -0.2) is 0 Å². The molecule has 0 radical (unpaired) electrons. The van der Waals surface area contributed by atoms with Gasteiger partial charge in [-0.15, -0.1) is 0 Å². The lowest BCUT2D eigenvalue weighted by Gasteiger charge is -2.27. The molecule has 0 unspecified atom stereocenters. The van der Waals surface area contributed by atoms with Crippen molar-refractivity contribution in [3.8, 4) is 0 Å². The zero-order chi connectivity index (χ0) is 10.4. The third-order valence-corrected chi connectivity index (χ3v) is 2.83. The van der Waals surface area contributed by atoms with E-state index >= 15 is 0 Å². The van der Waals surface area contributed by atoms with Crippen LogP contribution in [0.5, 0.6) is 0 Å². The van der Waals surface area contributed by atoms with E-state index in [0.29, 0.717) is 6.42 Å². The van der Waals surface area contributed by atoms with Crippen molar-refractivity contribution in [1.82, 2.24) is 10.2 Å². The molecular formula is C10H20N2O2. The van der Waals surface area contributed by atoms with Gasteiger partial charge in [0.2, 0.25) is 0 Å². The summed E-state index contributed by atoms with van der Waals surface area (Å²) in [7, 11) is 1.70. The normalized spacial score (nSPS) is 20.6. The van der Waals surface area contributed by atoms with Crippen LogP contribution in [0.15, 0.2) is 0 Å².